The van der Waals surface area contributed by atoms with Gasteiger partial charge in [0, 0.05) is 6.20 Å². The van der Waals surface area contributed by atoms with Gasteiger partial charge in [0.05, 0.1) is 23.1 Å². The van der Waals surface area contributed by atoms with E-state index in [1.165, 1.54) is 0 Å². The van der Waals surface area contributed by atoms with Crippen molar-refractivity contribution in [1.82, 2.24) is 19.9 Å². The largest absolute Gasteiger partial charge is 0.345 e. The summed E-state index contributed by atoms with van der Waals surface area (Å²) in [6.45, 7) is 8.25. The lowest BCUT2D eigenvalue weighted by atomic mass is 9.99. The molecule has 2 aromatic heterocycles. The Morgan fingerprint density at radius 3 is 2.71 bits per heavy atom. The van der Waals surface area contributed by atoms with Crippen molar-refractivity contribution in [3.63, 3.8) is 0 Å². The first-order valence-electron chi connectivity index (χ1n) is 6.79. The minimum Gasteiger partial charge on any atom is -0.345 e. The first-order valence-corrected chi connectivity index (χ1v) is 6.79. The molecule has 0 aliphatic rings. The summed E-state index contributed by atoms with van der Waals surface area (Å²) in [5.41, 5.74) is 6.08. The van der Waals surface area contributed by atoms with Crippen LogP contribution in [0.3, 0.4) is 0 Å². The predicted octanol–water partition coefficient (Wildman–Crippen LogP) is 3.86. The number of H-pyrrole nitrogens is 1. The Hall–Kier alpha value is -2.75. The van der Waals surface area contributed by atoms with Gasteiger partial charge in [-0.15, -0.1) is 0 Å². The number of nitrogens with zero attached hydrogens (tertiary/aromatic N) is 3. The van der Waals surface area contributed by atoms with Crippen LogP contribution in [0.15, 0.2) is 56.3 Å². The molecule has 104 valence electrons. The molecule has 0 saturated carbocycles. The van der Waals surface area contributed by atoms with E-state index in [0.717, 1.165) is 46.3 Å². The van der Waals surface area contributed by atoms with Gasteiger partial charge in [-0.3, -0.25) is 0 Å². The highest BCUT2D eigenvalue weighted by atomic mass is 14.9. The van der Waals surface area contributed by atoms with Crippen molar-refractivity contribution in [1.29, 1.82) is 0 Å². The highest BCUT2D eigenvalue weighted by molar-refractivity contribution is 5.80. The van der Waals surface area contributed by atoms with Crippen LogP contribution >= 0.6 is 0 Å². The molecule has 4 nitrogen and oxygen atoms in total. The zero-order chi connectivity index (χ0) is 14.7. The smallest absolute Gasteiger partial charge is 0.116 e. The number of benzene rings is 1. The van der Waals surface area contributed by atoms with Gasteiger partial charge in [-0.05, 0) is 47.8 Å². The first kappa shape index (κ1) is 13.2. The van der Waals surface area contributed by atoms with Crippen LogP contribution in [0.4, 0.5) is 0 Å². The lowest BCUT2D eigenvalue weighted by molar-refractivity contribution is 1.05. The van der Waals surface area contributed by atoms with Crippen molar-refractivity contribution >= 4 is 22.2 Å². The molecule has 1 N–H and O–H groups in total. The monoisotopic (exact) mass is 276 g/mol. The molecule has 2 heterocycles. The molecule has 0 aliphatic heterocycles. The van der Waals surface area contributed by atoms with Crippen molar-refractivity contribution in [3.8, 4) is 0 Å². The van der Waals surface area contributed by atoms with Crippen molar-refractivity contribution in [3.05, 3.63) is 67.5 Å². The summed E-state index contributed by atoms with van der Waals surface area (Å²) < 4.78 is 0. The number of aromatic amines is 1. The van der Waals surface area contributed by atoms with Crippen LogP contribution in [0.1, 0.15) is 24.1 Å². The molecule has 0 radical (unpaired) electrons. The highest BCUT2D eigenvalue weighted by Crippen LogP contribution is 2.25. The van der Waals surface area contributed by atoms with Crippen LogP contribution in [0.5, 0.6) is 0 Å². The minimum absolute atomic E-state index is 0.828. The number of allylic oxidation sites excluding steroid dienone is 2. The third-order valence-corrected chi connectivity index (χ3v) is 3.50. The van der Waals surface area contributed by atoms with E-state index < -0.39 is 0 Å². The molecule has 0 spiro atoms. The van der Waals surface area contributed by atoms with Gasteiger partial charge in [0.2, 0.25) is 0 Å². The lowest BCUT2D eigenvalue weighted by Crippen LogP contribution is -1.90. The Bertz CT molecular complexity index is 787. The molecule has 0 unspecified atom stereocenters. The highest BCUT2D eigenvalue weighted by Gasteiger charge is 2.05. The fourth-order valence-electron chi connectivity index (χ4n) is 2.23. The molecule has 0 fully saturated rings. The van der Waals surface area contributed by atoms with Gasteiger partial charge in [-0.25, -0.2) is 15.0 Å². The van der Waals surface area contributed by atoms with E-state index in [2.05, 4.69) is 45.2 Å². The maximum Gasteiger partial charge on any atom is 0.116 e. The third-order valence-electron chi connectivity index (χ3n) is 3.50. The van der Waals surface area contributed by atoms with Crippen LogP contribution in [0.25, 0.3) is 22.2 Å². The van der Waals surface area contributed by atoms with Crippen molar-refractivity contribution < 1.29 is 0 Å². The zero-order valence-corrected chi connectivity index (χ0v) is 11.7. The van der Waals surface area contributed by atoms with Gasteiger partial charge < -0.3 is 4.98 Å². The third kappa shape index (κ3) is 2.89. The fourth-order valence-corrected chi connectivity index (χ4v) is 2.23. The zero-order valence-electron chi connectivity index (χ0n) is 11.7. The molecule has 3 rings (SSSR count). The average Bonchev–Trinajstić information content (AvgIpc) is 3.00. The maximum absolute atomic E-state index is 4.27. The Labute approximate surface area is 123 Å². The van der Waals surface area contributed by atoms with E-state index in [0.29, 0.717) is 0 Å². The first-order chi connectivity index (χ1) is 10.2. The van der Waals surface area contributed by atoms with Crippen molar-refractivity contribution in [2.45, 2.75) is 12.8 Å². The lowest BCUT2D eigenvalue weighted by Gasteiger charge is -2.08. The SMILES string of the molecule is C=C(CCC(=C)c1ccncn1)c1ccc2[nH]cnc2c1. The second-order valence-corrected chi connectivity index (χ2v) is 4.94. The van der Waals surface area contributed by atoms with Gasteiger partial charge in [0.25, 0.3) is 0 Å². The molecule has 21 heavy (non-hydrogen) atoms. The van der Waals surface area contributed by atoms with E-state index in [4.69, 9.17) is 0 Å². The fraction of sp³-hybridized carbons (Fsp3) is 0.118. The Balaban J connectivity index is 1.67. The molecule has 1 aromatic carbocycles. The van der Waals surface area contributed by atoms with E-state index in [1.54, 1.807) is 18.9 Å². The summed E-state index contributed by atoms with van der Waals surface area (Å²) >= 11 is 0. The Kier molecular flexibility index (Phi) is 3.60. The second-order valence-electron chi connectivity index (χ2n) is 4.94. The standard InChI is InChI=1S/C17H16N4/c1-12(3-4-13(2)15-7-8-18-10-19-15)14-5-6-16-17(9-14)21-11-20-16/h5-11H,1-4H2,(H,20,21). The van der Waals surface area contributed by atoms with Gasteiger partial charge in [0.1, 0.15) is 6.33 Å². The summed E-state index contributed by atoms with van der Waals surface area (Å²) in [5.74, 6) is 0. The molecule has 0 saturated heterocycles. The van der Waals surface area contributed by atoms with E-state index >= 15 is 0 Å². The molecule has 0 aliphatic carbocycles. The number of nitrogens with one attached hydrogen (secondary N) is 1. The van der Waals surface area contributed by atoms with Crippen LogP contribution in [0, 0.1) is 0 Å². The van der Waals surface area contributed by atoms with Crippen LogP contribution < -0.4 is 0 Å². The summed E-state index contributed by atoms with van der Waals surface area (Å²) in [4.78, 5) is 15.5. The molecule has 3 aromatic rings. The Morgan fingerprint density at radius 1 is 1.05 bits per heavy atom. The molecular weight excluding hydrogens is 260 g/mol. The number of aromatic nitrogens is 4. The van der Waals surface area contributed by atoms with Crippen molar-refractivity contribution in [2.75, 3.05) is 0 Å². The molecule has 4 heteroatoms. The second kappa shape index (κ2) is 5.71. The molecule has 0 atom stereocenters. The van der Waals surface area contributed by atoms with E-state index in [1.807, 2.05) is 12.1 Å². The summed E-state index contributed by atoms with van der Waals surface area (Å²) in [6.07, 6.45) is 6.65. The molecular formula is C17H16N4. The van der Waals surface area contributed by atoms with Gasteiger partial charge in [0.15, 0.2) is 0 Å². The van der Waals surface area contributed by atoms with Crippen LogP contribution in [-0.2, 0) is 0 Å². The molecule has 0 amide bonds. The minimum atomic E-state index is 0.828. The van der Waals surface area contributed by atoms with E-state index in [-0.39, 0.29) is 0 Å². The average molecular weight is 276 g/mol. The molecule has 0 bridgehead atoms. The number of imidazole rings is 1. The van der Waals surface area contributed by atoms with Gasteiger partial charge in [-0.2, -0.15) is 0 Å². The van der Waals surface area contributed by atoms with Crippen molar-refractivity contribution in [2.24, 2.45) is 0 Å². The Morgan fingerprint density at radius 2 is 1.90 bits per heavy atom. The summed E-state index contributed by atoms with van der Waals surface area (Å²) in [7, 11) is 0. The van der Waals surface area contributed by atoms with Gasteiger partial charge >= 0.3 is 0 Å². The number of hydrogen-bond acceptors (Lipinski definition) is 3. The van der Waals surface area contributed by atoms with E-state index in [9.17, 15) is 0 Å². The van der Waals surface area contributed by atoms with Crippen LogP contribution in [-0.4, -0.2) is 19.9 Å². The topological polar surface area (TPSA) is 54.5 Å². The maximum atomic E-state index is 4.27. The summed E-state index contributed by atoms with van der Waals surface area (Å²) in [6, 6.07) is 8.03. The van der Waals surface area contributed by atoms with Gasteiger partial charge in [-0.1, -0.05) is 19.2 Å². The quantitative estimate of drug-likeness (QED) is 0.769. The number of hydrogen-bond donors (Lipinski definition) is 1. The summed E-state index contributed by atoms with van der Waals surface area (Å²) in [5, 5.41) is 0. The van der Waals surface area contributed by atoms with Crippen LogP contribution in [0.2, 0.25) is 0 Å². The predicted molar refractivity (Wildman–Crippen MR) is 85.4 cm³/mol. The normalized spacial score (nSPS) is 10.7. The number of fused-ring (bicyclic) bond motifs is 1. The number of rotatable bonds is 5.